The van der Waals surface area contributed by atoms with E-state index in [1.165, 1.54) is 0 Å². The lowest BCUT2D eigenvalue weighted by Crippen LogP contribution is -2.04. The maximum atomic E-state index is 11.5. The molecule has 0 fully saturated rings. The number of aryl methyl sites for hydroxylation is 1. The smallest absolute Gasteiger partial charge is 0.358 e. The summed E-state index contributed by atoms with van der Waals surface area (Å²) in [5.41, 5.74) is 1.77. The van der Waals surface area contributed by atoms with E-state index in [1.807, 2.05) is 25.1 Å². The number of benzene rings is 1. The molecule has 0 saturated carbocycles. The fraction of sp³-hybridized carbons (Fsp3) is 0.250. The number of nitrogens with one attached hydrogen (secondary N) is 1. The first-order valence-electron chi connectivity index (χ1n) is 5.12. The van der Waals surface area contributed by atoms with Crippen molar-refractivity contribution in [1.29, 1.82) is 0 Å². The lowest BCUT2D eigenvalue weighted by molar-refractivity contribution is 0.0517. The van der Waals surface area contributed by atoms with Crippen LogP contribution in [0.5, 0.6) is 5.75 Å². The summed E-state index contributed by atoms with van der Waals surface area (Å²) in [6.45, 7) is 3.89. The van der Waals surface area contributed by atoms with Crippen LogP contribution in [0.4, 0.5) is 0 Å². The van der Waals surface area contributed by atoms with Crippen LogP contribution in [0, 0.1) is 6.92 Å². The number of aromatic amines is 1. The molecule has 0 aliphatic rings. The molecular formula is C12H13NO3. The van der Waals surface area contributed by atoms with Crippen LogP contribution in [0.1, 0.15) is 23.0 Å². The third-order valence-corrected chi connectivity index (χ3v) is 2.49. The predicted molar refractivity (Wildman–Crippen MR) is 60.7 cm³/mol. The molecule has 2 aromatic rings. The quantitative estimate of drug-likeness (QED) is 0.762. The van der Waals surface area contributed by atoms with Crippen molar-refractivity contribution in [2.24, 2.45) is 0 Å². The van der Waals surface area contributed by atoms with Crippen LogP contribution in [-0.4, -0.2) is 22.7 Å². The Morgan fingerprint density at radius 2 is 2.25 bits per heavy atom. The maximum absolute atomic E-state index is 11.5. The Morgan fingerprint density at radius 1 is 1.50 bits per heavy atom. The van der Waals surface area contributed by atoms with Crippen LogP contribution in [0.2, 0.25) is 0 Å². The van der Waals surface area contributed by atoms with Crippen molar-refractivity contribution >= 4 is 16.9 Å². The summed E-state index contributed by atoms with van der Waals surface area (Å²) in [6, 6.07) is 5.55. The lowest BCUT2D eigenvalue weighted by atomic mass is 10.1. The molecule has 2 rings (SSSR count). The normalized spacial score (nSPS) is 10.6. The Labute approximate surface area is 92.9 Å². The van der Waals surface area contributed by atoms with Crippen molar-refractivity contribution in [3.8, 4) is 5.75 Å². The minimum Gasteiger partial charge on any atom is -0.505 e. The van der Waals surface area contributed by atoms with Crippen molar-refractivity contribution in [2.75, 3.05) is 6.61 Å². The third-order valence-electron chi connectivity index (χ3n) is 2.49. The Morgan fingerprint density at radius 3 is 2.88 bits per heavy atom. The van der Waals surface area contributed by atoms with Crippen LogP contribution < -0.4 is 0 Å². The first kappa shape index (κ1) is 10.5. The largest absolute Gasteiger partial charge is 0.505 e. The molecule has 0 atom stereocenters. The van der Waals surface area contributed by atoms with Crippen LogP contribution in [-0.2, 0) is 4.74 Å². The van der Waals surface area contributed by atoms with E-state index in [-0.39, 0.29) is 18.1 Å². The van der Waals surface area contributed by atoms with Gasteiger partial charge in [-0.05, 0) is 25.5 Å². The number of hydrogen-bond acceptors (Lipinski definition) is 3. The molecule has 0 unspecified atom stereocenters. The number of aromatic nitrogens is 1. The van der Waals surface area contributed by atoms with Crippen LogP contribution in [0.25, 0.3) is 10.9 Å². The van der Waals surface area contributed by atoms with Gasteiger partial charge in [-0.25, -0.2) is 4.79 Å². The van der Waals surface area contributed by atoms with Gasteiger partial charge < -0.3 is 14.8 Å². The third kappa shape index (κ3) is 1.52. The number of carbonyl (C=O) groups excluding carboxylic acids is 1. The van der Waals surface area contributed by atoms with Gasteiger partial charge in [0.2, 0.25) is 0 Å². The zero-order valence-corrected chi connectivity index (χ0v) is 9.20. The van der Waals surface area contributed by atoms with E-state index >= 15 is 0 Å². The van der Waals surface area contributed by atoms with Gasteiger partial charge in [0.1, 0.15) is 0 Å². The van der Waals surface area contributed by atoms with E-state index in [0.717, 1.165) is 11.1 Å². The second kappa shape index (κ2) is 3.89. The van der Waals surface area contributed by atoms with E-state index in [4.69, 9.17) is 4.74 Å². The standard InChI is InChI=1S/C12H13NO3/c1-3-16-12(15)10-11(14)9-7(2)5-4-6-8(9)13-10/h4-6,13-14H,3H2,1-2H3. The van der Waals surface area contributed by atoms with Gasteiger partial charge in [0, 0.05) is 5.39 Å². The van der Waals surface area contributed by atoms with Gasteiger partial charge in [-0.15, -0.1) is 0 Å². The van der Waals surface area contributed by atoms with Crippen molar-refractivity contribution in [3.05, 3.63) is 29.5 Å². The van der Waals surface area contributed by atoms with Gasteiger partial charge in [0.15, 0.2) is 11.4 Å². The summed E-state index contributed by atoms with van der Waals surface area (Å²) in [6.07, 6.45) is 0. The van der Waals surface area contributed by atoms with Crippen molar-refractivity contribution in [2.45, 2.75) is 13.8 Å². The Hall–Kier alpha value is -1.97. The zero-order chi connectivity index (χ0) is 11.7. The van der Waals surface area contributed by atoms with E-state index in [1.54, 1.807) is 6.92 Å². The Kier molecular flexibility index (Phi) is 2.56. The Balaban J connectivity index is 2.61. The second-order valence-electron chi connectivity index (χ2n) is 3.57. The Bertz CT molecular complexity index is 542. The van der Waals surface area contributed by atoms with Crippen LogP contribution in [0.3, 0.4) is 0 Å². The number of ether oxygens (including phenoxy) is 1. The SMILES string of the molecule is CCOC(=O)c1[nH]c2cccc(C)c2c1O. The number of esters is 1. The van der Waals surface area contributed by atoms with Gasteiger partial charge in [-0.3, -0.25) is 0 Å². The number of carbonyl (C=O) groups is 1. The molecule has 0 spiro atoms. The molecule has 16 heavy (non-hydrogen) atoms. The maximum Gasteiger partial charge on any atom is 0.358 e. The first-order valence-corrected chi connectivity index (χ1v) is 5.12. The highest BCUT2D eigenvalue weighted by Gasteiger charge is 2.18. The molecule has 84 valence electrons. The van der Waals surface area contributed by atoms with Crippen LogP contribution >= 0.6 is 0 Å². The molecule has 4 heteroatoms. The highest BCUT2D eigenvalue weighted by atomic mass is 16.5. The molecule has 1 aromatic carbocycles. The van der Waals surface area contributed by atoms with Crippen molar-refractivity contribution in [3.63, 3.8) is 0 Å². The van der Waals surface area contributed by atoms with Crippen molar-refractivity contribution < 1.29 is 14.6 Å². The van der Waals surface area contributed by atoms with E-state index < -0.39 is 5.97 Å². The highest BCUT2D eigenvalue weighted by molar-refractivity contribution is 6.01. The molecule has 2 N–H and O–H groups in total. The van der Waals surface area contributed by atoms with Crippen LogP contribution in [0.15, 0.2) is 18.2 Å². The number of rotatable bonds is 2. The number of H-pyrrole nitrogens is 1. The number of fused-ring (bicyclic) bond motifs is 1. The van der Waals surface area contributed by atoms with Crippen molar-refractivity contribution in [1.82, 2.24) is 4.98 Å². The fourth-order valence-corrected chi connectivity index (χ4v) is 1.76. The number of aromatic hydroxyl groups is 1. The summed E-state index contributed by atoms with van der Waals surface area (Å²) >= 11 is 0. The molecule has 0 saturated heterocycles. The van der Waals surface area contributed by atoms with E-state index in [2.05, 4.69) is 4.98 Å². The molecule has 1 heterocycles. The molecule has 0 radical (unpaired) electrons. The molecule has 1 aromatic heterocycles. The summed E-state index contributed by atoms with van der Waals surface area (Å²) in [7, 11) is 0. The van der Waals surface area contributed by atoms with Gasteiger partial charge in [0.05, 0.1) is 12.1 Å². The van der Waals surface area contributed by atoms with Gasteiger partial charge in [-0.2, -0.15) is 0 Å². The molecule has 4 nitrogen and oxygen atoms in total. The molecular weight excluding hydrogens is 206 g/mol. The lowest BCUT2D eigenvalue weighted by Gasteiger charge is -1.99. The first-order chi connectivity index (χ1) is 7.65. The van der Waals surface area contributed by atoms with E-state index in [0.29, 0.717) is 5.39 Å². The summed E-state index contributed by atoms with van der Waals surface area (Å²) < 4.78 is 4.85. The molecule has 0 aliphatic carbocycles. The average molecular weight is 219 g/mol. The second-order valence-corrected chi connectivity index (χ2v) is 3.57. The average Bonchev–Trinajstić information content (AvgIpc) is 2.58. The topological polar surface area (TPSA) is 62.3 Å². The predicted octanol–water partition coefficient (Wildman–Crippen LogP) is 2.36. The van der Waals surface area contributed by atoms with E-state index in [9.17, 15) is 9.90 Å². The van der Waals surface area contributed by atoms with Gasteiger partial charge >= 0.3 is 5.97 Å². The number of hydrogen-bond donors (Lipinski definition) is 2. The fourth-order valence-electron chi connectivity index (χ4n) is 1.76. The molecule has 0 amide bonds. The molecule has 0 aliphatic heterocycles. The minimum absolute atomic E-state index is 0.0356. The highest BCUT2D eigenvalue weighted by Crippen LogP contribution is 2.31. The van der Waals surface area contributed by atoms with Gasteiger partial charge in [-0.1, -0.05) is 12.1 Å². The molecule has 0 bridgehead atoms. The summed E-state index contributed by atoms with van der Waals surface area (Å²) in [5, 5.41) is 10.6. The monoisotopic (exact) mass is 219 g/mol. The minimum atomic E-state index is -0.532. The summed E-state index contributed by atoms with van der Waals surface area (Å²) in [5.74, 6) is -0.567. The van der Waals surface area contributed by atoms with Gasteiger partial charge in [0.25, 0.3) is 0 Å². The zero-order valence-electron chi connectivity index (χ0n) is 9.20. The summed E-state index contributed by atoms with van der Waals surface area (Å²) in [4.78, 5) is 14.4.